The fourth-order valence-electron chi connectivity index (χ4n) is 5.55. The highest BCUT2D eigenvalue weighted by Crippen LogP contribution is 2.45. The van der Waals surface area contributed by atoms with E-state index >= 15 is 4.39 Å². The van der Waals surface area contributed by atoms with E-state index in [1.807, 2.05) is 39.9 Å². The highest BCUT2D eigenvalue weighted by molar-refractivity contribution is 7.87. The maximum absolute atomic E-state index is 16.0. The molecular weight excluding hydrogens is 545 g/mol. The van der Waals surface area contributed by atoms with E-state index in [0.29, 0.717) is 44.8 Å². The van der Waals surface area contributed by atoms with Crippen LogP contribution in [0.3, 0.4) is 0 Å². The lowest BCUT2D eigenvalue weighted by Gasteiger charge is -2.25. The Morgan fingerprint density at radius 3 is 2.63 bits per heavy atom. The molecule has 10 nitrogen and oxygen atoms in total. The minimum absolute atomic E-state index is 0.104. The van der Waals surface area contributed by atoms with Crippen LogP contribution in [0.2, 0.25) is 0 Å². The van der Waals surface area contributed by atoms with Gasteiger partial charge in [0.1, 0.15) is 29.2 Å². The van der Waals surface area contributed by atoms with Crippen LogP contribution in [-0.4, -0.2) is 74.3 Å². The maximum atomic E-state index is 16.0. The standard InChI is InChI=1S/C29H36FN7O3S/c1-29(2)16-40-26-23(19(30)13-20-24(26)25-22(15-31-20)36(6)28(38)37(25)29)17-12-21(33-41(39)18-8-9-18)27(32-14-17)35(5)11-7-10-34(3)4/h12-15,18,33H,7-11,16H2,1-6H3. The van der Waals surface area contributed by atoms with E-state index in [2.05, 4.69) is 14.6 Å². The van der Waals surface area contributed by atoms with Crippen LogP contribution in [0.15, 0.2) is 29.3 Å². The third kappa shape index (κ3) is 4.76. The largest absolute Gasteiger partial charge is 0.490 e. The van der Waals surface area contributed by atoms with Gasteiger partial charge in [0, 0.05) is 38.5 Å². The average Bonchev–Trinajstić information content (AvgIpc) is 3.73. The van der Waals surface area contributed by atoms with Gasteiger partial charge in [0.25, 0.3) is 0 Å². The monoisotopic (exact) mass is 581 g/mol. The van der Waals surface area contributed by atoms with Crippen molar-refractivity contribution in [3.8, 4) is 16.9 Å². The number of ether oxygens (including phenoxy) is 1. The second-order valence-corrected chi connectivity index (χ2v) is 13.5. The molecule has 0 saturated heterocycles. The van der Waals surface area contributed by atoms with Crippen LogP contribution in [-0.2, 0) is 23.6 Å². The number of nitrogens with zero attached hydrogens (tertiary/aromatic N) is 6. The normalized spacial score (nSPS) is 16.8. The van der Waals surface area contributed by atoms with Crippen LogP contribution in [0.25, 0.3) is 33.1 Å². The van der Waals surface area contributed by atoms with Crippen LogP contribution < -0.4 is 20.0 Å². The van der Waals surface area contributed by atoms with Gasteiger partial charge in [0.05, 0.1) is 50.2 Å². The lowest BCUT2D eigenvalue weighted by Crippen LogP contribution is -2.40. The molecule has 1 N–H and O–H groups in total. The number of benzene rings is 1. The summed E-state index contributed by atoms with van der Waals surface area (Å²) in [7, 11) is 6.46. The third-order valence-electron chi connectivity index (χ3n) is 7.91. The molecular formula is C29H36FN7O3S. The first-order chi connectivity index (χ1) is 19.5. The molecule has 1 atom stereocenters. The highest BCUT2D eigenvalue weighted by Gasteiger charge is 2.35. The Labute approximate surface area is 240 Å². The number of nitrogens with one attached hydrogen (secondary N) is 1. The number of pyridine rings is 2. The number of halogens is 1. The molecule has 1 saturated carbocycles. The Morgan fingerprint density at radius 2 is 1.93 bits per heavy atom. The molecule has 1 aliphatic carbocycles. The first-order valence-corrected chi connectivity index (χ1v) is 15.1. The summed E-state index contributed by atoms with van der Waals surface area (Å²) in [5.74, 6) is 0.467. The van der Waals surface area contributed by atoms with Crippen molar-refractivity contribution < 1.29 is 13.3 Å². The Hall–Kier alpha value is -3.51. The Balaban J connectivity index is 1.53. The molecule has 6 rings (SSSR count). The Bertz CT molecular complexity index is 1760. The zero-order valence-corrected chi connectivity index (χ0v) is 25.1. The van der Waals surface area contributed by atoms with Gasteiger partial charge in [0.15, 0.2) is 5.82 Å². The zero-order chi connectivity index (χ0) is 29.2. The number of hydrogen-bond acceptors (Lipinski definition) is 7. The summed E-state index contributed by atoms with van der Waals surface area (Å²) in [6.45, 7) is 5.69. The van der Waals surface area contributed by atoms with Crippen molar-refractivity contribution in [2.75, 3.05) is 50.5 Å². The van der Waals surface area contributed by atoms with Crippen molar-refractivity contribution in [2.24, 2.45) is 7.05 Å². The lowest BCUT2D eigenvalue weighted by atomic mass is 10.0. The molecule has 1 unspecified atom stereocenters. The molecule has 0 bridgehead atoms. The first kappa shape index (κ1) is 27.6. The lowest BCUT2D eigenvalue weighted by molar-refractivity contribution is 0.189. The molecule has 0 spiro atoms. The van der Waals surface area contributed by atoms with Gasteiger partial charge in [-0.3, -0.25) is 14.1 Å². The number of aromatic nitrogens is 4. The minimum atomic E-state index is -1.27. The molecule has 1 fully saturated rings. The fourth-order valence-corrected chi connectivity index (χ4v) is 6.65. The highest BCUT2D eigenvalue weighted by atomic mass is 32.2. The molecule has 218 valence electrons. The minimum Gasteiger partial charge on any atom is -0.490 e. The van der Waals surface area contributed by atoms with Crippen LogP contribution >= 0.6 is 0 Å². The van der Waals surface area contributed by atoms with Gasteiger partial charge in [-0.05, 0) is 59.8 Å². The summed E-state index contributed by atoms with van der Waals surface area (Å²) in [4.78, 5) is 26.7. The maximum Gasteiger partial charge on any atom is 0.329 e. The topological polar surface area (TPSA) is 97.5 Å². The summed E-state index contributed by atoms with van der Waals surface area (Å²) >= 11 is 0. The van der Waals surface area contributed by atoms with E-state index in [1.165, 1.54) is 6.07 Å². The molecule has 4 aromatic rings. The van der Waals surface area contributed by atoms with Gasteiger partial charge in [-0.15, -0.1) is 0 Å². The van der Waals surface area contributed by atoms with E-state index in [4.69, 9.17) is 9.72 Å². The van der Waals surface area contributed by atoms with Gasteiger partial charge in [0.2, 0.25) is 0 Å². The van der Waals surface area contributed by atoms with Crippen molar-refractivity contribution in [1.29, 1.82) is 0 Å². The number of imidazole rings is 1. The van der Waals surface area contributed by atoms with Crippen molar-refractivity contribution >= 4 is 44.4 Å². The SMILES string of the molecule is CN(C)CCCN(C)c1ncc(-c2c(F)cc3ncc4c5c3c2OCC(C)(C)n5c(=O)n4C)cc1NS(=O)C1CC1. The van der Waals surface area contributed by atoms with Crippen LogP contribution in [0.1, 0.15) is 33.1 Å². The summed E-state index contributed by atoms with van der Waals surface area (Å²) in [6.07, 6.45) is 5.99. The van der Waals surface area contributed by atoms with Gasteiger partial charge >= 0.3 is 5.69 Å². The summed E-state index contributed by atoms with van der Waals surface area (Å²) in [5, 5.41) is 0.690. The Kier molecular flexibility index (Phi) is 6.80. The number of rotatable bonds is 9. The molecule has 3 aromatic heterocycles. The molecule has 12 heteroatoms. The van der Waals surface area contributed by atoms with Crippen molar-refractivity contribution in [2.45, 2.75) is 43.9 Å². The summed E-state index contributed by atoms with van der Waals surface area (Å²) in [6, 6.07) is 3.19. The zero-order valence-electron chi connectivity index (χ0n) is 24.3. The predicted octanol–water partition coefficient (Wildman–Crippen LogP) is 3.84. The van der Waals surface area contributed by atoms with E-state index in [0.717, 1.165) is 32.4 Å². The van der Waals surface area contributed by atoms with Gasteiger partial charge in [-0.25, -0.2) is 18.4 Å². The molecule has 0 radical (unpaired) electrons. The van der Waals surface area contributed by atoms with Gasteiger partial charge in [-0.2, -0.15) is 0 Å². The molecule has 1 aromatic carbocycles. The van der Waals surface area contributed by atoms with E-state index in [-0.39, 0.29) is 23.1 Å². The van der Waals surface area contributed by atoms with Crippen LogP contribution in [0, 0.1) is 5.82 Å². The van der Waals surface area contributed by atoms with E-state index < -0.39 is 22.3 Å². The van der Waals surface area contributed by atoms with E-state index in [9.17, 15) is 9.00 Å². The second-order valence-electron chi connectivity index (χ2n) is 12.0. The molecule has 0 amide bonds. The first-order valence-electron chi connectivity index (χ1n) is 13.9. The smallest absolute Gasteiger partial charge is 0.329 e. The summed E-state index contributed by atoms with van der Waals surface area (Å²) in [5.41, 5.74) is 2.15. The fraction of sp³-hybridized carbons (Fsp3) is 0.483. The third-order valence-corrected chi connectivity index (χ3v) is 9.41. The molecule has 1 aliphatic heterocycles. The van der Waals surface area contributed by atoms with Crippen molar-refractivity contribution in [1.82, 2.24) is 24.0 Å². The van der Waals surface area contributed by atoms with Gasteiger partial charge in [-0.1, -0.05) is 0 Å². The van der Waals surface area contributed by atoms with Crippen LogP contribution in [0.5, 0.6) is 5.75 Å². The molecule has 2 aliphatic rings. The quantitative estimate of drug-likeness (QED) is 0.321. The molecule has 4 heterocycles. The van der Waals surface area contributed by atoms with Crippen molar-refractivity contribution in [3.63, 3.8) is 0 Å². The predicted molar refractivity (Wildman–Crippen MR) is 162 cm³/mol. The van der Waals surface area contributed by atoms with Gasteiger partial charge < -0.3 is 19.3 Å². The van der Waals surface area contributed by atoms with Crippen molar-refractivity contribution in [3.05, 3.63) is 40.8 Å². The van der Waals surface area contributed by atoms with E-state index in [1.54, 1.807) is 34.6 Å². The summed E-state index contributed by atoms with van der Waals surface area (Å²) < 4.78 is 41.8. The average molecular weight is 582 g/mol. The molecule has 41 heavy (non-hydrogen) atoms. The second kappa shape index (κ2) is 10.1. The number of aryl methyl sites for hydroxylation is 1. The Morgan fingerprint density at radius 1 is 1.17 bits per heavy atom. The number of anilines is 2. The van der Waals surface area contributed by atoms with Crippen LogP contribution in [0.4, 0.5) is 15.9 Å². The number of hydrogen-bond donors (Lipinski definition) is 1.